The summed E-state index contributed by atoms with van der Waals surface area (Å²) in [6.07, 6.45) is 3.41. The third-order valence-electron chi connectivity index (χ3n) is 3.56. The number of amides is 1. The number of carbonyl (C=O) groups excluding carboxylic acids is 2. The van der Waals surface area contributed by atoms with Gasteiger partial charge in [0.25, 0.3) is 5.69 Å². The summed E-state index contributed by atoms with van der Waals surface area (Å²) in [6.45, 7) is 2.27. The van der Waals surface area contributed by atoms with Crippen LogP contribution >= 0.6 is 12.2 Å². The van der Waals surface area contributed by atoms with Gasteiger partial charge in [0.05, 0.1) is 17.1 Å². The minimum atomic E-state index is -0.509. The molecular formula is C20H19N3O5S. The summed E-state index contributed by atoms with van der Waals surface area (Å²) in [5.74, 6) is -0.894. The number of benzene rings is 2. The molecule has 0 saturated carbocycles. The van der Waals surface area contributed by atoms with Crippen LogP contribution in [0.5, 0.6) is 0 Å². The van der Waals surface area contributed by atoms with E-state index in [9.17, 15) is 19.7 Å². The van der Waals surface area contributed by atoms with Crippen molar-refractivity contribution in [1.29, 1.82) is 0 Å². The topological polar surface area (TPSA) is 111 Å². The van der Waals surface area contributed by atoms with Crippen molar-refractivity contribution in [2.75, 3.05) is 11.9 Å². The van der Waals surface area contributed by atoms with Crippen LogP contribution in [0.1, 0.15) is 29.3 Å². The van der Waals surface area contributed by atoms with Gasteiger partial charge in [-0.3, -0.25) is 20.2 Å². The number of anilines is 1. The summed E-state index contributed by atoms with van der Waals surface area (Å²) in [4.78, 5) is 34.0. The highest BCUT2D eigenvalue weighted by Crippen LogP contribution is 2.14. The highest BCUT2D eigenvalue weighted by atomic mass is 32.1. The van der Waals surface area contributed by atoms with Crippen LogP contribution in [-0.4, -0.2) is 28.5 Å². The van der Waals surface area contributed by atoms with Crippen LogP contribution in [0.4, 0.5) is 11.4 Å². The van der Waals surface area contributed by atoms with E-state index in [0.717, 1.165) is 6.42 Å². The van der Waals surface area contributed by atoms with Crippen molar-refractivity contribution in [2.24, 2.45) is 0 Å². The van der Waals surface area contributed by atoms with Gasteiger partial charge < -0.3 is 10.1 Å². The number of hydrogen-bond donors (Lipinski definition) is 2. The second-order valence-electron chi connectivity index (χ2n) is 5.84. The smallest absolute Gasteiger partial charge is 0.338 e. The lowest BCUT2D eigenvalue weighted by Gasteiger charge is -2.09. The highest BCUT2D eigenvalue weighted by Gasteiger charge is 2.08. The summed E-state index contributed by atoms with van der Waals surface area (Å²) in [6, 6.07) is 12.3. The molecule has 9 heteroatoms. The van der Waals surface area contributed by atoms with E-state index < -0.39 is 16.8 Å². The molecule has 0 radical (unpaired) electrons. The van der Waals surface area contributed by atoms with Crippen molar-refractivity contribution in [2.45, 2.75) is 13.3 Å². The van der Waals surface area contributed by atoms with Gasteiger partial charge >= 0.3 is 5.97 Å². The first-order chi connectivity index (χ1) is 13.9. The second kappa shape index (κ2) is 10.7. The monoisotopic (exact) mass is 413 g/mol. The standard InChI is InChI=1S/C20H19N3O5S/c1-2-12-28-19(25)15-7-9-16(10-8-15)21-20(29)22-18(24)11-6-14-4-3-5-17(13-14)23(26)27/h3-11,13H,2,12H2,1H3,(H2,21,22,24,29). The SMILES string of the molecule is CCCOC(=O)c1ccc(NC(=S)NC(=O)C=Cc2cccc([N+](=O)[O-])c2)cc1. The van der Waals surface area contributed by atoms with E-state index in [-0.39, 0.29) is 10.8 Å². The van der Waals surface area contributed by atoms with Crippen molar-refractivity contribution in [3.63, 3.8) is 0 Å². The number of non-ortho nitro benzene ring substituents is 1. The average Bonchev–Trinajstić information content (AvgIpc) is 2.71. The summed E-state index contributed by atoms with van der Waals surface area (Å²) in [5, 5.41) is 16.1. The van der Waals surface area contributed by atoms with Crippen molar-refractivity contribution in [3.8, 4) is 0 Å². The molecular weight excluding hydrogens is 394 g/mol. The molecule has 0 heterocycles. The van der Waals surface area contributed by atoms with E-state index in [4.69, 9.17) is 17.0 Å². The Morgan fingerprint density at radius 2 is 1.93 bits per heavy atom. The van der Waals surface area contributed by atoms with Crippen molar-refractivity contribution in [3.05, 3.63) is 75.8 Å². The zero-order valence-electron chi connectivity index (χ0n) is 15.6. The highest BCUT2D eigenvalue weighted by molar-refractivity contribution is 7.80. The lowest BCUT2D eigenvalue weighted by atomic mass is 10.2. The number of nitrogens with one attached hydrogen (secondary N) is 2. The predicted octanol–water partition coefficient (Wildman–Crippen LogP) is 3.69. The van der Waals surface area contributed by atoms with Crippen LogP contribution in [0, 0.1) is 10.1 Å². The molecule has 0 aromatic heterocycles. The summed E-state index contributed by atoms with van der Waals surface area (Å²) in [5.41, 5.74) is 1.45. The minimum Gasteiger partial charge on any atom is -0.462 e. The molecule has 0 saturated heterocycles. The van der Waals surface area contributed by atoms with Gasteiger partial charge in [0, 0.05) is 23.9 Å². The van der Waals surface area contributed by atoms with Crippen molar-refractivity contribution < 1.29 is 19.2 Å². The number of nitrogens with zero attached hydrogens (tertiary/aromatic N) is 1. The van der Waals surface area contributed by atoms with Gasteiger partial charge in [0.2, 0.25) is 5.91 Å². The van der Waals surface area contributed by atoms with E-state index in [2.05, 4.69) is 10.6 Å². The van der Waals surface area contributed by atoms with Crippen LogP contribution in [0.25, 0.3) is 6.08 Å². The molecule has 2 aromatic rings. The summed E-state index contributed by atoms with van der Waals surface area (Å²) < 4.78 is 5.05. The second-order valence-corrected chi connectivity index (χ2v) is 6.25. The molecule has 2 rings (SSSR count). The van der Waals surface area contributed by atoms with Crippen molar-refractivity contribution in [1.82, 2.24) is 5.32 Å². The lowest BCUT2D eigenvalue weighted by molar-refractivity contribution is -0.384. The molecule has 0 aliphatic heterocycles. The number of rotatable bonds is 7. The van der Waals surface area contributed by atoms with E-state index in [1.807, 2.05) is 6.92 Å². The molecule has 0 aliphatic carbocycles. The Morgan fingerprint density at radius 1 is 1.21 bits per heavy atom. The van der Waals surface area contributed by atoms with E-state index in [0.29, 0.717) is 23.4 Å². The van der Waals surface area contributed by atoms with Crippen LogP contribution in [-0.2, 0) is 9.53 Å². The van der Waals surface area contributed by atoms with Gasteiger partial charge in [-0.15, -0.1) is 0 Å². The van der Waals surface area contributed by atoms with E-state index in [1.54, 1.807) is 30.3 Å². The molecule has 2 N–H and O–H groups in total. The number of nitro groups is 1. The first kappa shape index (κ1) is 21.7. The molecule has 0 spiro atoms. The maximum Gasteiger partial charge on any atom is 0.338 e. The molecule has 0 atom stereocenters. The number of nitro benzene ring substituents is 1. The Morgan fingerprint density at radius 3 is 2.59 bits per heavy atom. The fourth-order valence-electron chi connectivity index (χ4n) is 2.20. The number of thiocarbonyl (C=S) groups is 1. The Bertz CT molecular complexity index is 941. The zero-order valence-corrected chi connectivity index (χ0v) is 16.4. The van der Waals surface area contributed by atoms with Crippen LogP contribution in [0.15, 0.2) is 54.6 Å². The lowest BCUT2D eigenvalue weighted by Crippen LogP contribution is -2.32. The minimum absolute atomic E-state index is 0.0632. The number of ether oxygens (including phenoxy) is 1. The molecule has 0 aliphatic rings. The Hall–Kier alpha value is -3.59. The molecule has 0 bridgehead atoms. The molecule has 0 unspecified atom stereocenters. The number of esters is 1. The Balaban J connectivity index is 1.88. The largest absolute Gasteiger partial charge is 0.462 e. The molecule has 150 valence electrons. The molecule has 2 aromatic carbocycles. The zero-order chi connectivity index (χ0) is 21.2. The van der Waals surface area contributed by atoms with Gasteiger partial charge in [-0.05, 0) is 54.5 Å². The quantitative estimate of drug-likeness (QED) is 0.234. The van der Waals surface area contributed by atoms with E-state index in [1.165, 1.54) is 30.4 Å². The normalized spacial score (nSPS) is 10.4. The number of carbonyl (C=O) groups is 2. The fraction of sp³-hybridized carbons (Fsp3) is 0.150. The van der Waals surface area contributed by atoms with Crippen LogP contribution in [0.2, 0.25) is 0 Å². The molecule has 1 amide bonds. The molecule has 8 nitrogen and oxygen atoms in total. The Kier molecular flexibility index (Phi) is 7.99. The predicted molar refractivity (Wildman–Crippen MR) is 114 cm³/mol. The maximum atomic E-state index is 12.0. The van der Waals surface area contributed by atoms with Gasteiger partial charge in [-0.2, -0.15) is 0 Å². The first-order valence-corrected chi connectivity index (χ1v) is 9.11. The Labute approximate surface area is 172 Å². The summed E-state index contributed by atoms with van der Waals surface area (Å²) in [7, 11) is 0. The van der Waals surface area contributed by atoms with Gasteiger partial charge in [-0.25, -0.2) is 4.79 Å². The fourth-order valence-corrected chi connectivity index (χ4v) is 2.42. The summed E-state index contributed by atoms with van der Waals surface area (Å²) >= 11 is 5.08. The maximum absolute atomic E-state index is 12.0. The van der Waals surface area contributed by atoms with Crippen molar-refractivity contribution >= 4 is 46.7 Å². The molecule has 0 fully saturated rings. The van der Waals surface area contributed by atoms with E-state index >= 15 is 0 Å². The van der Waals surface area contributed by atoms with Gasteiger partial charge in [0.1, 0.15) is 0 Å². The van der Waals surface area contributed by atoms with Gasteiger partial charge in [-0.1, -0.05) is 19.1 Å². The van der Waals surface area contributed by atoms with Crippen LogP contribution in [0.3, 0.4) is 0 Å². The first-order valence-electron chi connectivity index (χ1n) is 8.70. The molecule has 29 heavy (non-hydrogen) atoms. The van der Waals surface area contributed by atoms with Crippen LogP contribution < -0.4 is 10.6 Å². The third kappa shape index (κ3) is 7.15. The van der Waals surface area contributed by atoms with Gasteiger partial charge in [0.15, 0.2) is 5.11 Å². The number of hydrogen-bond acceptors (Lipinski definition) is 6. The third-order valence-corrected chi connectivity index (χ3v) is 3.76. The average molecular weight is 413 g/mol.